The van der Waals surface area contributed by atoms with E-state index in [1.807, 2.05) is 7.05 Å². The molecule has 0 amide bonds. The minimum atomic E-state index is 0.118. The Bertz CT molecular complexity index is 874. The van der Waals surface area contributed by atoms with Gasteiger partial charge in [0.15, 0.2) is 5.16 Å². The first kappa shape index (κ1) is 19.4. The van der Waals surface area contributed by atoms with Gasteiger partial charge in [0.1, 0.15) is 4.83 Å². The van der Waals surface area contributed by atoms with Crippen LogP contribution >= 0.6 is 23.1 Å². The summed E-state index contributed by atoms with van der Waals surface area (Å²) in [6, 6.07) is 0. The number of thioether (sulfide) groups is 1. The predicted octanol–water partition coefficient (Wildman–Crippen LogP) is 3.32. The Morgan fingerprint density at radius 2 is 2.15 bits per heavy atom. The molecule has 4 rings (SSSR count). The van der Waals surface area contributed by atoms with Crippen molar-refractivity contribution in [1.82, 2.24) is 14.5 Å². The number of hydrogen-bond donors (Lipinski definition) is 0. The number of morpholine rings is 1. The molecule has 0 bridgehead atoms. The predicted molar refractivity (Wildman–Crippen MR) is 113 cm³/mol. The minimum Gasteiger partial charge on any atom is -0.375 e. The second-order valence-electron chi connectivity index (χ2n) is 8.11. The maximum atomic E-state index is 13.0. The second kappa shape index (κ2) is 8.23. The largest absolute Gasteiger partial charge is 0.375 e. The summed E-state index contributed by atoms with van der Waals surface area (Å²) < 4.78 is 7.70. The van der Waals surface area contributed by atoms with Gasteiger partial charge in [0, 0.05) is 37.3 Å². The lowest BCUT2D eigenvalue weighted by Crippen LogP contribution is -2.44. The first-order chi connectivity index (χ1) is 13.0. The third-order valence-corrected chi connectivity index (χ3v) is 7.75. The summed E-state index contributed by atoms with van der Waals surface area (Å²) in [5, 5.41) is 1.69. The SMILES string of the molecule is CC(C)CN1CCO[C@@H](CSc2nc3sc4c(c3c(=O)n2C)CCCC4)C1. The van der Waals surface area contributed by atoms with E-state index in [2.05, 4.69) is 18.7 Å². The Balaban J connectivity index is 1.51. The number of aromatic nitrogens is 2. The van der Waals surface area contributed by atoms with Gasteiger partial charge >= 0.3 is 0 Å². The van der Waals surface area contributed by atoms with Gasteiger partial charge in [-0.1, -0.05) is 25.6 Å². The van der Waals surface area contributed by atoms with Gasteiger partial charge in [-0.3, -0.25) is 14.3 Å². The van der Waals surface area contributed by atoms with E-state index in [-0.39, 0.29) is 11.7 Å². The van der Waals surface area contributed by atoms with Crippen molar-refractivity contribution in [2.45, 2.75) is 50.8 Å². The van der Waals surface area contributed by atoms with Crippen LogP contribution in [0.4, 0.5) is 0 Å². The van der Waals surface area contributed by atoms with Crippen LogP contribution in [0.2, 0.25) is 0 Å². The molecule has 2 aromatic rings. The van der Waals surface area contributed by atoms with Crippen molar-refractivity contribution in [1.29, 1.82) is 0 Å². The molecule has 1 aliphatic carbocycles. The van der Waals surface area contributed by atoms with Gasteiger partial charge in [-0.25, -0.2) is 4.98 Å². The van der Waals surface area contributed by atoms with E-state index in [0.29, 0.717) is 5.92 Å². The van der Waals surface area contributed by atoms with Crippen LogP contribution in [0.5, 0.6) is 0 Å². The standard InChI is InChI=1S/C20H29N3O2S2/c1-13(2)10-23-8-9-25-14(11-23)12-26-20-21-18-17(19(24)22(20)3)15-6-4-5-7-16(15)27-18/h13-14H,4-12H2,1-3H3/t14-/m1/s1. The molecule has 1 aliphatic heterocycles. The van der Waals surface area contributed by atoms with Gasteiger partial charge in [-0.05, 0) is 37.2 Å². The Kier molecular flexibility index (Phi) is 5.92. The number of nitrogens with zero attached hydrogens (tertiary/aromatic N) is 3. The molecule has 0 aromatic carbocycles. The van der Waals surface area contributed by atoms with Crippen LogP contribution in [0.25, 0.3) is 10.2 Å². The van der Waals surface area contributed by atoms with Crippen LogP contribution in [-0.2, 0) is 24.6 Å². The summed E-state index contributed by atoms with van der Waals surface area (Å²) in [6.45, 7) is 8.41. The molecule has 1 saturated heterocycles. The number of ether oxygens (including phenoxy) is 1. The van der Waals surface area contributed by atoms with E-state index in [9.17, 15) is 4.79 Å². The molecule has 0 radical (unpaired) electrons. The lowest BCUT2D eigenvalue weighted by molar-refractivity contribution is -0.0191. The number of hydrogen-bond acceptors (Lipinski definition) is 6. The summed E-state index contributed by atoms with van der Waals surface area (Å²) in [7, 11) is 1.86. The van der Waals surface area contributed by atoms with Crippen molar-refractivity contribution < 1.29 is 4.74 Å². The summed E-state index contributed by atoms with van der Waals surface area (Å²) in [6.07, 6.45) is 4.74. The summed E-state index contributed by atoms with van der Waals surface area (Å²) >= 11 is 3.38. The first-order valence-corrected chi connectivity index (χ1v) is 11.8. The second-order valence-corrected chi connectivity index (χ2v) is 10.2. The van der Waals surface area contributed by atoms with Crippen LogP contribution in [0.15, 0.2) is 9.95 Å². The first-order valence-electron chi connectivity index (χ1n) is 10.0. The van der Waals surface area contributed by atoms with Crippen molar-refractivity contribution >= 4 is 33.3 Å². The summed E-state index contributed by atoms with van der Waals surface area (Å²) in [4.78, 5) is 22.6. The molecule has 7 heteroatoms. The molecule has 0 saturated carbocycles. The van der Waals surface area contributed by atoms with E-state index in [1.165, 1.54) is 23.3 Å². The Morgan fingerprint density at radius 3 is 2.96 bits per heavy atom. The maximum Gasteiger partial charge on any atom is 0.262 e. The molecule has 27 heavy (non-hydrogen) atoms. The van der Waals surface area contributed by atoms with Crippen molar-refractivity contribution in [3.63, 3.8) is 0 Å². The monoisotopic (exact) mass is 407 g/mol. The van der Waals surface area contributed by atoms with Crippen LogP contribution in [0.3, 0.4) is 0 Å². The van der Waals surface area contributed by atoms with Gasteiger partial charge in [0.05, 0.1) is 18.1 Å². The molecule has 2 aromatic heterocycles. The Morgan fingerprint density at radius 1 is 1.33 bits per heavy atom. The molecule has 148 valence electrons. The fraction of sp³-hybridized carbons (Fsp3) is 0.700. The maximum absolute atomic E-state index is 13.0. The Hall–Kier alpha value is -0.890. The van der Waals surface area contributed by atoms with Crippen LogP contribution in [0, 0.1) is 5.92 Å². The van der Waals surface area contributed by atoms with Crippen LogP contribution < -0.4 is 5.56 Å². The lowest BCUT2D eigenvalue weighted by Gasteiger charge is -2.33. The average molecular weight is 408 g/mol. The normalized spacial score (nSPS) is 21.1. The van der Waals surface area contributed by atoms with Crippen LogP contribution in [0.1, 0.15) is 37.1 Å². The number of thiophene rings is 1. The van der Waals surface area contributed by atoms with Gasteiger partial charge in [-0.15, -0.1) is 11.3 Å². The molecular formula is C20H29N3O2S2. The van der Waals surface area contributed by atoms with Crippen molar-refractivity contribution in [2.24, 2.45) is 13.0 Å². The third-order valence-electron chi connectivity index (χ3n) is 5.40. The van der Waals surface area contributed by atoms with Crippen molar-refractivity contribution in [3.8, 4) is 0 Å². The number of aryl methyl sites for hydroxylation is 2. The van der Waals surface area contributed by atoms with Gasteiger partial charge < -0.3 is 4.74 Å². The van der Waals surface area contributed by atoms with Gasteiger partial charge in [0.2, 0.25) is 0 Å². The zero-order valence-corrected chi connectivity index (χ0v) is 18.1. The fourth-order valence-electron chi connectivity index (χ4n) is 4.13. The molecule has 0 N–H and O–H groups in total. The van der Waals surface area contributed by atoms with E-state index in [1.54, 1.807) is 27.7 Å². The molecule has 5 nitrogen and oxygen atoms in total. The molecule has 1 atom stereocenters. The molecule has 0 unspecified atom stereocenters. The van der Waals surface area contributed by atoms with Crippen LogP contribution in [-0.4, -0.2) is 52.5 Å². The third kappa shape index (κ3) is 4.11. The highest BCUT2D eigenvalue weighted by atomic mass is 32.2. The molecule has 1 fully saturated rings. The van der Waals surface area contributed by atoms with Crippen molar-refractivity contribution in [2.75, 3.05) is 32.0 Å². The fourth-order valence-corrected chi connectivity index (χ4v) is 6.41. The van der Waals surface area contributed by atoms with E-state index in [4.69, 9.17) is 9.72 Å². The van der Waals surface area contributed by atoms with Gasteiger partial charge in [0.25, 0.3) is 5.56 Å². The smallest absolute Gasteiger partial charge is 0.262 e. The minimum absolute atomic E-state index is 0.118. The quantitative estimate of drug-likeness (QED) is 0.562. The summed E-state index contributed by atoms with van der Waals surface area (Å²) in [5.74, 6) is 1.51. The average Bonchev–Trinajstić information content (AvgIpc) is 3.01. The molecule has 2 aliphatic rings. The Labute approximate surface area is 169 Å². The highest BCUT2D eigenvalue weighted by Crippen LogP contribution is 2.34. The lowest BCUT2D eigenvalue weighted by atomic mass is 9.97. The number of rotatable bonds is 5. The zero-order valence-electron chi connectivity index (χ0n) is 16.5. The van der Waals surface area contributed by atoms with E-state index < -0.39 is 0 Å². The highest BCUT2D eigenvalue weighted by molar-refractivity contribution is 7.99. The topological polar surface area (TPSA) is 47.4 Å². The molecular weight excluding hydrogens is 378 g/mol. The van der Waals surface area contributed by atoms with E-state index >= 15 is 0 Å². The van der Waals surface area contributed by atoms with Crippen molar-refractivity contribution in [3.05, 3.63) is 20.8 Å². The molecule has 0 spiro atoms. The number of fused-ring (bicyclic) bond motifs is 3. The van der Waals surface area contributed by atoms with E-state index in [0.717, 1.165) is 60.2 Å². The highest BCUT2D eigenvalue weighted by Gasteiger charge is 2.24. The zero-order chi connectivity index (χ0) is 19.0. The van der Waals surface area contributed by atoms with Gasteiger partial charge in [-0.2, -0.15) is 0 Å². The molecule has 3 heterocycles. The summed E-state index contributed by atoms with van der Waals surface area (Å²) in [5.41, 5.74) is 1.39.